The predicted octanol–water partition coefficient (Wildman–Crippen LogP) is 3.04. The van der Waals surface area contributed by atoms with Crippen molar-refractivity contribution in [2.75, 3.05) is 26.1 Å². The SMILES string of the molecule is COc1cc(Cl)c(C)c2c(N(C)C)c(C)c(CN)nc12. The maximum Gasteiger partial charge on any atom is 0.146 e. The highest BCUT2D eigenvalue weighted by Crippen LogP contribution is 2.40. The van der Waals surface area contributed by atoms with Crippen molar-refractivity contribution in [1.29, 1.82) is 0 Å². The minimum Gasteiger partial charge on any atom is -0.494 e. The largest absolute Gasteiger partial charge is 0.494 e. The zero-order chi connectivity index (χ0) is 15.0. The van der Waals surface area contributed by atoms with Crippen molar-refractivity contribution >= 4 is 28.2 Å². The van der Waals surface area contributed by atoms with Gasteiger partial charge in [-0.15, -0.1) is 0 Å². The molecule has 1 aromatic heterocycles. The third-order valence-electron chi connectivity index (χ3n) is 3.59. The van der Waals surface area contributed by atoms with E-state index in [9.17, 15) is 0 Å². The lowest BCUT2D eigenvalue weighted by Gasteiger charge is -2.23. The second kappa shape index (κ2) is 5.46. The third-order valence-corrected chi connectivity index (χ3v) is 3.99. The number of benzene rings is 1. The Bertz CT molecular complexity index is 668. The van der Waals surface area contributed by atoms with Crippen LogP contribution in [-0.4, -0.2) is 26.2 Å². The van der Waals surface area contributed by atoms with Crippen LogP contribution < -0.4 is 15.4 Å². The van der Waals surface area contributed by atoms with Gasteiger partial charge in [-0.3, -0.25) is 0 Å². The molecule has 0 bridgehead atoms. The summed E-state index contributed by atoms with van der Waals surface area (Å²) >= 11 is 6.32. The lowest BCUT2D eigenvalue weighted by atomic mass is 10.0. The van der Waals surface area contributed by atoms with Crippen molar-refractivity contribution in [2.45, 2.75) is 20.4 Å². The van der Waals surface area contributed by atoms with Gasteiger partial charge in [0, 0.05) is 37.1 Å². The molecule has 0 amide bonds. The van der Waals surface area contributed by atoms with Gasteiger partial charge in [0.25, 0.3) is 0 Å². The first-order valence-electron chi connectivity index (χ1n) is 6.46. The number of anilines is 1. The van der Waals surface area contributed by atoms with Crippen LogP contribution in [0.4, 0.5) is 5.69 Å². The number of fused-ring (bicyclic) bond motifs is 1. The van der Waals surface area contributed by atoms with Crippen LogP contribution in [0.3, 0.4) is 0 Å². The molecule has 5 heteroatoms. The maximum absolute atomic E-state index is 6.32. The Hall–Kier alpha value is -1.52. The molecule has 20 heavy (non-hydrogen) atoms. The Morgan fingerprint density at radius 3 is 2.45 bits per heavy atom. The molecule has 1 heterocycles. The highest BCUT2D eigenvalue weighted by atomic mass is 35.5. The quantitative estimate of drug-likeness (QED) is 0.945. The maximum atomic E-state index is 6.32. The van der Waals surface area contributed by atoms with Crippen LogP contribution in [0.15, 0.2) is 6.07 Å². The Balaban J connectivity index is 3.05. The molecule has 0 saturated heterocycles. The van der Waals surface area contributed by atoms with Crippen LogP contribution in [0.5, 0.6) is 5.75 Å². The number of nitrogens with zero attached hydrogens (tertiary/aromatic N) is 2. The number of hydrogen-bond acceptors (Lipinski definition) is 4. The van der Waals surface area contributed by atoms with Crippen LogP contribution in [0.1, 0.15) is 16.8 Å². The molecule has 0 unspecified atom stereocenters. The van der Waals surface area contributed by atoms with Gasteiger partial charge in [-0.25, -0.2) is 4.98 Å². The molecular weight excluding hydrogens is 274 g/mol. The number of halogens is 1. The summed E-state index contributed by atoms with van der Waals surface area (Å²) in [5, 5.41) is 1.70. The molecule has 0 aliphatic heterocycles. The molecule has 2 aromatic rings. The van der Waals surface area contributed by atoms with Crippen molar-refractivity contribution in [2.24, 2.45) is 5.73 Å². The summed E-state index contributed by atoms with van der Waals surface area (Å²) in [5.74, 6) is 0.674. The van der Waals surface area contributed by atoms with Crippen LogP contribution >= 0.6 is 11.6 Å². The molecule has 4 nitrogen and oxygen atoms in total. The zero-order valence-corrected chi connectivity index (χ0v) is 13.3. The Morgan fingerprint density at radius 2 is 1.95 bits per heavy atom. The molecule has 0 fully saturated rings. The Labute approximate surface area is 124 Å². The standard InChI is InChI=1S/C15H20ClN3O/c1-8-10(16)6-12(20-5)14-13(8)15(19(3)4)9(2)11(7-17)18-14/h6H,7,17H2,1-5H3. The molecule has 0 aliphatic carbocycles. The van der Waals surface area contributed by atoms with E-state index in [1.807, 2.05) is 27.9 Å². The Kier molecular flexibility index (Phi) is 4.06. The zero-order valence-electron chi connectivity index (χ0n) is 12.5. The minimum atomic E-state index is 0.396. The smallest absolute Gasteiger partial charge is 0.146 e. The predicted molar refractivity (Wildman–Crippen MR) is 85.0 cm³/mol. The number of aryl methyl sites for hydroxylation is 1. The van der Waals surface area contributed by atoms with E-state index in [2.05, 4.69) is 9.88 Å². The van der Waals surface area contributed by atoms with E-state index in [1.54, 1.807) is 13.2 Å². The molecule has 0 spiro atoms. The molecule has 0 atom stereocenters. The van der Waals surface area contributed by atoms with E-state index >= 15 is 0 Å². The number of hydrogen-bond donors (Lipinski definition) is 1. The van der Waals surface area contributed by atoms with Gasteiger partial charge in [0.1, 0.15) is 11.3 Å². The lowest BCUT2D eigenvalue weighted by Crippen LogP contribution is -2.15. The lowest BCUT2D eigenvalue weighted by molar-refractivity contribution is 0.418. The van der Waals surface area contributed by atoms with Gasteiger partial charge in [0.2, 0.25) is 0 Å². The third kappa shape index (κ3) is 2.19. The van der Waals surface area contributed by atoms with Crippen LogP contribution in [0.2, 0.25) is 5.02 Å². The second-order valence-corrected chi connectivity index (χ2v) is 5.45. The van der Waals surface area contributed by atoms with Crippen molar-refractivity contribution in [3.63, 3.8) is 0 Å². The summed E-state index contributed by atoms with van der Waals surface area (Å²) in [5.41, 5.74) is 10.7. The van der Waals surface area contributed by atoms with Gasteiger partial charge in [-0.2, -0.15) is 0 Å². The molecule has 0 radical (unpaired) electrons. The number of rotatable bonds is 3. The van der Waals surface area contributed by atoms with Gasteiger partial charge in [0.05, 0.1) is 18.5 Å². The number of methoxy groups -OCH3 is 1. The van der Waals surface area contributed by atoms with Crippen molar-refractivity contribution in [3.05, 3.63) is 27.9 Å². The summed E-state index contributed by atoms with van der Waals surface area (Å²) in [7, 11) is 5.64. The van der Waals surface area contributed by atoms with Crippen molar-refractivity contribution < 1.29 is 4.74 Å². The highest BCUT2D eigenvalue weighted by Gasteiger charge is 2.19. The Morgan fingerprint density at radius 1 is 1.30 bits per heavy atom. The van der Waals surface area contributed by atoms with Gasteiger partial charge in [0.15, 0.2) is 0 Å². The van der Waals surface area contributed by atoms with Crippen LogP contribution in [0.25, 0.3) is 10.9 Å². The molecule has 0 saturated carbocycles. The van der Waals surface area contributed by atoms with Gasteiger partial charge >= 0.3 is 0 Å². The first-order chi connectivity index (χ1) is 9.42. The van der Waals surface area contributed by atoms with Gasteiger partial charge in [-0.05, 0) is 25.0 Å². The molecule has 2 N–H and O–H groups in total. The second-order valence-electron chi connectivity index (χ2n) is 5.04. The topological polar surface area (TPSA) is 51.4 Å². The summed E-state index contributed by atoms with van der Waals surface area (Å²) < 4.78 is 5.43. The summed E-state index contributed by atoms with van der Waals surface area (Å²) in [6, 6.07) is 1.81. The average molecular weight is 294 g/mol. The summed E-state index contributed by atoms with van der Waals surface area (Å²) in [4.78, 5) is 6.74. The number of nitrogens with two attached hydrogens (primary N) is 1. The number of ether oxygens (including phenoxy) is 1. The first kappa shape index (κ1) is 14.9. The van der Waals surface area contributed by atoms with E-state index in [-0.39, 0.29) is 0 Å². The summed E-state index contributed by atoms with van der Waals surface area (Å²) in [6.45, 7) is 4.44. The number of aromatic nitrogens is 1. The fourth-order valence-electron chi connectivity index (χ4n) is 2.57. The number of pyridine rings is 1. The molecule has 2 rings (SSSR count). The van der Waals surface area contributed by atoms with Crippen LogP contribution in [-0.2, 0) is 6.54 Å². The van der Waals surface area contributed by atoms with Crippen LogP contribution in [0, 0.1) is 13.8 Å². The van der Waals surface area contributed by atoms with E-state index in [0.717, 1.165) is 33.4 Å². The van der Waals surface area contributed by atoms with Crippen molar-refractivity contribution in [3.8, 4) is 5.75 Å². The van der Waals surface area contributed by atoms with Gasteiger partial charge in [-0.1, -0.05) is 11.6 Å². The fraction of sp³-hybridized carbons (Fsp3) is 0.400. The van der Waals surface area contributed by atoms with E-state index in [4.69, 9.17) is 22.1 Å². The van der Waals surface area contributed by atoms with Gasteiger partial charge < -0.3 is 15.4 Å². The minimum absolute atomic E-state index is 0.396. The molecule has 1 aromatic carbocycles. The van der Waals surface area contributed by atoms with E-state index in [1.165, 1.54) is 0 Å². The summed E-state index contributed by atoms with van der Waals surface area (Å²) in [6.07, 6.45) is 0. The van der Waals surface area contributed by atoms with Crippen molar-refractivity contribution in [1.82, 2.24) is 4.98 Å². The fourth-order valence-corrected chi connectivity index (χ4v) is 2.76. The monoisotopic (exact) mass is 293 g/mol. The van der Waals surface area contributed by atoms with E-state index < -0.39 is 0 Å². The molecule has 0 aliphatic rings. The normalized spacial score (nSPS) is 10.9. The first-order valence-corrected chi connectivity index (χ1v) is 6.83. The van der Waals surface area contributed by atoms with E-state index in [0.29, 0.717) is 17.3 Å². The highest BCUT2D eigenvalue weighted by molar-refractivity contribution is 6.33. The molecule has 108 valence electrons. The average Bonchev–Trinajstić information content (AvgIpc) is 2.41. The molecular formula is C15H20ClN3O.